The van der Waals surface area contributed by atoms with Gasteiger partial charge in [0.25, 0.3) is 0 Å². The predicted molar refractivity (Wildman–Crippen MR) is 117 cm³/mol. The van der Waals surface area contributed by atoms with E-state index in [1.807, 2.05) is 6.92 Å². The zero-order chi connectivity index (χ0) is 21.0. The lowest BCUT2D eigenvalue weighted by Gasteiger charge is -2.12. The quantitative estimate of drug-likeness (QED) is 0.590. The van der Waals surface area contributed by atoms with E-state index in [2.05, 4.69) is 25.1 Å². The molecule has 8 nitrogen and oxygen atoms in total. The molecule has 3 rings (SSSR count). The Kier molecular flexibility index (Phi) is 7.14. The summed E-state index contributed by atoms with van der Waals surface area (Å²) in [5.41, 5.74) is 0.543. The molecule has 0 bridgehead atoms. The fourth-order valence-electron chi connectivity index (χ4n) is 2.83. The van der Waals surface area contributed by atoms with Crippen LogP contribution in [-0.4, -0.2) is 48.9 Å². The summed E-state index contributed by atoms with van der Waals surface area (Å²) in [6, 6.07) is 5.93. The molecule has 0 saturated carbocycles. The van der Waals surface area contributed by atoms with Crippen molar-refractivity contribution >= 4 is 49.8 Å². The fraction of sp³-hybridized carbons (Fsp3) is 0.500. The van der Waals surface area contributed by atoms with E-state index in [0.717, 1.165) is 22.6 Å². The maximum atomic E-state index is 12.5. The number of thioether (sulfide) groups is 1. The summed E-state index contributed by atoms with van der Waals surface area (Å²) in [6.45, 7) is 7.35. The lowest BCUT2D eigenvalue weighted by atomic mass is 10.3. The van der Waals surface area contributed by atoms with Crippen molar-refractivity contribution in [1.29, 1.82) is 0 Å². The average molecular weight is 456 g/mol. The Morgan fingerprint density at radius 2 is 1.79 bits per heavy atom. The fourth-order valence-corrected chi connectivity index (χ4v) is 6.12. The molecule has 11 heteroatoms. The van der Waals surface area contributed by atoms with Crippen LogP contribution in [0, 0.1) is 0 Å². The summed E-state index contributed by atoms with van der Waals surface area (Å²) in [6.07, 6.45) is 2.35. The Morgan fingerprint density at radius 3 is 2.41 bits per heavy atom. The van der Waals surface area contributed by atoms with Crippen molar-refractivity contribution in [2.45, 2.75) is 54.1 Å². The average Bonchev–Trinajstić information content (AvgIpc) is 3.32. The Balaban J connectivity index is 1.57. The van der Waals surface area contributed by atoms with Gasteiger partial charge in [0.05, 0.1) is 10.1 Å². The minimum atomic E-state index is -3.55. The lowest BCUT2D eigenvalue weighted by Crippen LogP contribution is -2.30. The van der Waals surface area contributed by atoms with Gasteiger partial charge in [0.15, 0.2) is 4.34 Å². The van der Waals surface area contributed by atoms with Crippen LogP contribution in [0.1, 0.15) is 33.6 Å². The topological polar surface area (TPSA) is 104 Å². The summed E-state index contributed by atoms with van der Waals surface area (Å²) < 4.78 is 27.6. The predicted octanol–water partition coefficient (Wildman–Crippen LogP) is 2.94. The minimum Gasteiger partial charge on any atom is -0.347 e. The molecule has 1 fully saturated rings. The highest BCUT2D eigenvalue weighted by molar-refractivity contribution is 8.02. The summed E-state index contributed by atoms with van der Waals surface area (Å²) in [7, 11) is -3.55. The maximum Gasteiger partial charge on any atom is 0.240 e. The molecule has 1 aromatic carbocycles. The molecule has 1 aliphatic heterocycles. The van der Waals surface area contributed by atoms with Crippen LogP contribution in [0.2, 0.25) is 0 Å². The number of nitrogens with zero attached hydrogens (tertiary/aromatic N) is 3. The second kappa shape index (κ2) is 9.41. The Morgan fingerprint density at radius 1 is 1.14 bits per heavy atom. The second-order valence-corrected chi connectivity index (χ2v) is 11.4. The van der Waals surface area contributed by atoms with Crippen molar-refractivity contribution in [3.63, 3.8) is 0 Å². The molecule has 0 spiro atoms. The van der Waals surface area contributed by atoms with Crippen LogP contribution in [-0.2, 0) is 14.8 Å². The van der Waals surface area contributed by atoms with Gasteiger partial charge in [-0.15, -0.1) is 10.2 Å². The molecule has 29 heavy (non-hydrogen) atoms. The van der Waals surface area contributed by atoms with Crippen molar-refractivity contribution in [1.82, 2.24) is 14.9 Å². The number of amides is 1. The number of benzene rings is 1. The molecule has 1 aromatic heterocycles. The van der Waals surface area contributed by atoms with Crippen molar-refractivity contribution in [2.24, 2.45) is 0 Å². The molecule has 2 N–H and O–H groups in total. The molecule has 1 atom stereocenters. The van der Waals surface area contributed by atoms with Gasteiger partial charge in [0.1, 0.15) is 0 Å². The van der Waals surface area contributed by atoms with Crippen LogP contribution in [0.5, 0.6) is 0 Å². The van der Waals surface area contributed by atoms with Crippen molar-refractivity contribution < 1.29 is 13.2 Å². The molecule has 0 radical (unpaired) electrons. The third-order valence-corrected chi connectivity index (χ3v) is 8.08. The number of carbonyl (C=O) groups is 1. The summed E-state index contributed by atoms with van der Waals surface area (Å²) in [5, 5.41) is 11.8. The summed E-state index contributed by atoms with van der Waals surface area (Å²) >= 11 is 2.87. The summed E-state index contributed by atoms with van der Waals surface area (Å²) in [4.78, 5) is 14.9. The summed E-state index contributed by atoms with van der Waals surface area (Å²) in [5.74, 6) is -0.177. The molecule has 1 unspecified atom stereocenters. The van der Waals surface area contributed by atoms with E-state index >= 15 is 0 Å². The number of rotatable bonds is 8. The highest BCUT2D eigenvalue weighted by Gasteiger charge is 2.21. The highest BCUT2D eigenvalue weighted by Crippen LogP contribution is 2.32. The largest absolute Gasteiger partial charge is 0.347 e. The minimum absolute atomic E-state index is 0.162. The third-order valence-electron chi connectivity index (χ3n) is 4.24. The SMILES string of the molecule is CC(C)NS(=O)(=O)c1ccc(NC(=O)C(C)Sc2nnc(N3CCCC3)s2)cc1. The van der Waals surface area contributed by atoms with E-state index in [-0.39, 0.29) is 22.1 Å². The molecule has 1 amide bonds. The molecular formula is C18H25N5O3S3. The van der Waals surface area contributed by atoms with Gasteiger partial charge >= 0.3 is 0 Å². The van der Waals surface area contributed by atoms with E-state index < -0.39 is 10.0 Å². The zero-order valence-electron chi connectivity index (χ0n) is 16.6. The highest BCUT2D eigenvalue weighted by atomic mass is 32.2. The lowest BCUT2D eigenvalue weighted by molar-refractivity contribution is -0.115. The number of sulfonamides is 1. The van der Waals surface area contributed by atoms with Crippen LogP contribution in [0.15, 0.2) is 33.5 Å². The Bertz CT molecular complexity index is 938. The number of anilines is 2. The van der Waals surface area contributed by atoms with Gasteiger partial charge in [-0.3, -0.25) is 4.79 Å². The van der Waals surface area contributed by atoms with E-state index in [9.17, 15) is 13.2 Å². The van der Waals surface area contributed by atoms with E-state index in [4.69, 9.17) is 0 Å². The van der Waals surface area contributed by atoms with Crippen molar-refractivity contribution in [3.8, 4) is 0 Å². The molecule has 1 saturated heterocycles. The van der Waals surface area contributed by atoms with E-state index in [1.54, 1.807) is 26.0 Å². The first-order valence-corrected chi connectivity index (χ1v) is 12.6. The van der Waals surface area contributed by atoms with Crippen molar-refractivity contribution in [3.05, 3.63) is 24.3 Å². The normalized spacial score (nSPS) is 15.7. The Labute approximate surface area is 179 Å². The van der Waals surface area contributed by atoms with Gasteiger partial charge in [-0.2, -0.15) is 0 Å². The zero-order valence-corrected chi connectivity index (χ0v) is 19.0. The van der Waals surface area contributed by atoms with Crippen LogP contribution < -0.4 is 14.9 Å². The van der Waals surface area contributed by atoms with Crippen molar-refractivity contribution in [2.75, 3.05) is 23.3 Å². The first kappa shape index (κ1) is 22.0. The number of hydrogen-bond acceptors (Lipinski definition) is 8. The third kappa shape index (κ3) is 5.91. The van der Waals surface area contributed by atoms with E-state index in [1.165, 1.54) is 48.1 Å². The number of hydrogen-bond donors (Lipinski definition) is 2. The number of aromatic nitrogens is 2. The van der Waals surface area contributed by atoms with Crippen LogP contribution in [0.3, 0.4) is 0 Å². The van der Waals surface area contributed by atoms with Crippen LogP contribution in [0.4, 0.5) is 10.8 Å². The molecule has 2 aromatic rings. The van der Waals surface area contributed by atoms with Gasteiger partial charge in [-0.25, -0.2) is 13.1 Å². The molecule has 2 heterocycles. The van der Waals surface area contributed by atoms with Crippen LogP contribution in [0.25, 0.3) is 0 Å². The van der Waals surface area contributed by atoms with Crippen LogP contribution >= 0.6 is 23.1 Å². The first-order valence-electron chi connectivity index (χ1n) is 9.43. The molecule has 0 aliphatic carbocycles. The standard InChI is InChI=1S/C18H25N5O3S3/c1-12(2)22-29(25,26)15-8-6-14(7-9-15)19-16(24)13(3)27-18-21-20-17(28-18)23-10-4-5-11-23/h6-9,12-13,22H,4-5,10-11H2,1-3H3,(H,19,24). The number of nitrogens with one attached hydrogen (secondary N) is 2. The Hall–Kier alpha value is -1.69. The first-order chi connectivity index (χ1) is 13.7. The molecule has 1 aliphatic rings. The van der Waals surface area contributed by atoms with Gasteiger partial charge in [-0.05, 0) is 57.9 Å². The van der Waals surface area contributed by atoms with Gasteiger partial charge in [0.2, 0.25) is 21.1 Å². The van der Waals surface area contributed by atoms with E-state index in [0.29, 0.717) is 5.69 Å². The van der Waals surface area contributed by atoms with Gasteiger partial charge < -0.3 is 10.2 Å². The van der Waals surface area contributed by atoms with Gasteiger partial charge in [0, 0.05) is 24.8 Å². The smallest absolute Gasteiger partial charge is 0.240 e. The molecule has 158 valence electrons. The maximum absolute atomic E-state index is 12.5. The number of carbonyl (C=O) groups excluding carboxylic acids is 1. The second-order valence-electron chi connectivity index (χ2n) is 7.09. The molecular weight excluding hydrogens is 430 g/mol. The van der Waals surface area contributed by atoms with Gasteiger partial charge in [-0.1, -0.05) is 23.1 Å². The monoisotopic (exact) mass is 455 g/mol.